The maximum absolute atomic E-state index is 6.31. The van der Waals surface area contributed by atoms with Gasteiger partial charge in [0.1, 0.15) is 5.82 Å². The van der Waals surface area contributed by atoms with Crippen LogP contribution < -0.4 is 20.7 Å². The van der Waals surface area contributed by atoms with E-state index in [0.29, 0.717) is 17.8 Å². The van der Waals surface area contributed by atoms with Gasteiger partial charge in [-0.2, -0.15) is 0 Å². The number of rotatable bonds is 1. The zero-order valence-electron chi connectivity index (χ0n) is 15.2. The molecule has 1 N–H and O–H groups in total. The van der Waals surface area contributed by atoms with Crippen molar-refractivity contribution in [3.63, 3.8) is 0 Å². The number of halogens is 1. The fourth-order valence-electron chi connectivity index (χ4n) is 4.03. The average Bonchev–Trinajstić information content (AvgIpc) is 2.73. The van der Waals surface area contributed by atoms with E-state index in [1.165, 1.54) is 15.8 Å². The van der Waals surface area contributed by atoms with Gasteiger partial charge in [0.05, 0.1) is 5.52 Å². The van der Waals surface area contributed by atoms with E-state index in [2.05, 4.69) is 55.3 Å². The third-order valence-electron chi connectivity index (χ3n) is 5.94. The maximum atomic E-state index is 6.31. The molecule has 2 aromatic rings. The van der Waals surface area contributed by atoms with Crippen LogP contribution in [-0.4, -0.2) is 31.2 Å². The molecular weight excluding hydrogens is 330 g/mol. The van der Waals surface area contributed by atoms with Crippen molar-refractivity contribution in [2.24, 2.45) is 17.8 Å². The minimum absolute atomic E-state index is 0.521. The smallest absolute Gasteiger partial charge is 0.136 e. The summed E-state index contributed by atoms with van der Waals surface area (Å²) in [4.78, 5) is 7.50. The largest absolute Gasteiger partial charge is 0.354 e. The summed E-state index contributed by atoms with van der Waals surface area (Å²) in [6.07, 6.45) is 4.87. The number of benzene rings is 1. The van der Waals surface area contributed by atoms with E-state index in [-0.39, 0.29) is 0 Å². The summed E-state index contributed by atoms with van der Waals surface area (Å²) in [7, 11) is 0. The van der Waals surface area contributed by atoms with Crippen LogP contribution in [0.3, 0.4) is 0 Å². The van der Waals surface area contributed by atoms with Crippen molar-refractivity contribution in [2.45, 2.75) is 20.8 Å². The van der Waals surface area contributed by atoms with Crippen LogP contribution in [0.4, 0.5) is 5.82 Å². The van der Waals surface area contributed by atoms with Gasteiger partial charge in [0.25, 0.3) is 0 Å². The molecule has 0 saturated carbocycles. The first-order chi connectivity index (χ1) is 12.0. The Kier molecular flexibility index (Phi) is 4.47. The van der Waals surface area contributed by atoms with Gasteiger partial charge in [0.15, 0.2) is 0 Å². The summed E-state index contributed by atoms with van der Waals surface area (Å²) >= 11 is 6.31. The van der Waals surface area contributed by atoms with Crippen molar-refractivity contribution in [2.75, 3.05) is 31.1 Å². The van der Waals surface area contributed by atoms with Gasteiger partial charge < -0.3 is 10.2 Å². The Morgan fingerprint density at radius 1 is 1.04 bits per heavy atom. The van der Waals surface area contributed by atoms with Gasteiger partial charge in [-0.05, 0) is 41.2 Å². The van der Waals surface area contributed by atoms with E-state index in [1.807, 2.05) is 6.07 Å². The summed E-state index contributed by atoms with van der Waals surface area (Å²) in [5.74, 6) is 2.79. The van der Waals surface area contributed by atoms with E-state index in [1.54, 1.807) is 0 Å². The zero-order valence-corrected chi connectivity index (χ0v) is 16.0. The number of piperazine rings is 1. The van der Waals surface area contributed by atoms with Gasteiger partial charge in [0.2, 0.25) is 0 Å². The number of anilines is 1. The number of hydrogen-bond acceptors (Lipinski definition) is 3. The highest BCUT2D eigenvalue weighted by atomic mass is 35.5. The monoisotopic (exact) mass is 355 g/mol. The number of hydrogen-bond donors (Lipinski definition) is 1. The van der Waals surface area contributed by atoms with Crippen molar-refractivity contribution in [3.05, 3.63) is 33.7 Å². The predicted octanol–water partition coefficient (Wildman–Crippen LogP) is 2.78. The Morgan fingerprint density at radius 3 is 2.44 bits per heavy atom. The van der Waals surface area contributed by atoms with Crippen molar-refractivity contribution in [3.8, 4) is 0 Å². The number of nitrogens with one attached hydrogen (secondary N) is 1. The quantitative estimate of drug-likeness (QED) is 0.852. The Labute approximate surface area is 154 Å². The van der Waals surface area contributed by atoms with Gasteiger partial charge in [-0.3, -0.25) is 0 Å². The second-order valence-electron chi connectivity index (χ2n) is 7.57. The van der Waals surface area contributed by atoms with Gasteiger partial charge in [0, 0.05) is 41.8 Å². The van der Waals surface area contributed by atoms with Crippen LogP contribution in [-0.2, 0) is 0 Å². The third-order valence-corrected chi connectivity index (χ3v) is 6.18. The number of pyridine rings is 1. The van der Waals surface area contributed by atoms with Crippen molar-refractivity contribution in [1.29, 1.82) is 0 Å². The molecule has 1 aliphatic heterocycles. The molecule has 0 spiro atoms. The summed E-state index contributed by atoms with van der Waals surface area (Å²) in [6.45, 7) is 11.0. The molecule has 2 heterocycles. The Balaban J connectivity index is 2.08. The molecule has 25 heavy (non-hydrogen) atoms. The Morgan fingerprint density at radius 2 is 1.72 bits per heavy atom. The highest BCUT2D eigenvalue weighted by Gasteiger charge is 2.22. The Hall–Kier alpha value is -1.58. The molecule has 0 radical (unpaired) electrons. The molecule has 0 amide bonds. The lowest BCUT2D eigenvalue weighted by atomic mass is 9.86. The molecule has 4 heteroatoms. The highest BCUT2D eigenvalue weighted by Crippen LogP contribution is 2.26. The van der Waals surface area contributed by atoms with E-state index < -0.39 is 0 Å². The van der Waals surface area contributed by atoms with Crippen LogP contribution in [0.15, 0.2) is 18.2 Å². The molecule has 3 nitrogen and oxygen atoms in total. The number of nitrogens with zero attached hydrogens (tertiary/aromatic N) is 2. The third kappa shape index (κ3) is 3.04. The lowest BCUT2D eigenvalue weighted by molar-refractivity contribution is 0.404. The first kappa shape index (κ1) is 16.9. The van der Waals surface area contributed by atoms with Crippen molar-refractivity contribution >= 4 is 40.5 Å². The van der Waals surface area contributed by atoms with Crippen LogP contribution in [0, 0.1) is 17.8 Å². The second-order valence-corrected chi connectivity index (χ2v) is 8.01. The van der Waals surface area contributed by atoms with Crippen LogP contribution >= 0.6 is 11.6 Å². The van der Waals surface area contributed by atoms with E-state index in [9.17, 15) is 0 Å². The summed E-state index contributed by atoms with van der Waals surface area (Å²) in [5.41, 5.74) is 1.04. The normalized spacial score (nSPS) is 26.6. The molecule has 1 aromatic carbocycles. The van der Waals surface area contributed by atoms with Gasteiger partial charge in [-0.25, -0.2) is 4.98 Å². The molecule has 1 aromatic heterocycles. The topological polar surface area (TPSA) is 28.2 Å². The standard InChI is InChI=1S/C21H26ClN3/c1-13-10-17-18-12-16(22)4-5-20(18)24-21(25-8-6-23-7-9-25)19(17)11-14(2)15(13)3/h4-5,10-15,23H,6-9H2,1-3H3. The van der Waals surface area contributed by atoms with E-state index in [0.717, 1.165) is 42.5 Å². The maximum Gasteiger partial charge on any atom is 0.136 e. The molecular formula is C21H26ClN3. The molecule has 132 valence electrons. The summed E-state index contributed by atoms with van der Waals surface area (Å²) < 4.78 is 0. The van der Waals surface area contributed by atoms with Gasteiger partial charge >= 0.3 is 0 Å². The van der Waals surface area contributed by atoms with Gasteiger partial charge in [-0.15, -0.1) is 0 Å². The molecule has 1 aliphatic carbocycles. The molecule has 0 bridgehead atoms. The first-order valence-corrected chi connectivity index (χ1v) is 9.71. The molecule has 2 aliphatic rings. The summed E-state index contributed by atoms with van der Waals surface area (Å²) in [6, 6.07) is 6.07. The number of aromatic nitrogens is 1. The van der Waals surface area contributed by atoms with E-state index >= 15 is 0 Å². The predicted molar refractivity (Wildman–Crippen MR) is 108 cm³/mol. The first-order valence-electron chi connectivity index (χ1n) is 9.33. The van der Waals surface area contributed by atoms with Crippen LogP contribution in [0.1, 0.15) is 20.8 Å². The lowest BCUT2D eigenvalue weighted by Crippen LogP contribution is -2.47. The lowest BCUT2D eigenvalue weighted by Gasteiger charge is -2.29. The van der Waals surface area contributed by atoms with Crippen molar-refractivity contribution in [1.82, 2.24) is 10.3 Å². The Bertz CT molecular complexity index is 915. The van der Waals surface area contributed by atoms with Crippen LogP contribution in [0.2, 0.25) is 5.02 Å². The highest BCUT2D eigenvalue weighted by molar-refractivity contribution is 6.31. The molecule has 3 atom stereocenters. The molecule has 1 saturated heterocycles. The molecule has 3 unspecified atom stereocenters. The van der Waals surface area contributed by atoms with Crippen LogP contribution in [0.25, 0.3) is 23.1 Å². The second kappa shape index (κ2) is 6.62. The fourth-order valence-corrected chi connectivity index (χ4v) is 4.20. The average molecular weight is 356 g/mol. The minimum Gasteiger partial charge on any atom is -0.354 e. The molecule has 1 fully saturated rings. The number of fused-ring (bicyclic) bond motifs is 3. The summed E-state index contributed by atoms with van der Waals surface area (Å²) in [5, 5.41) is 7.99. The van der Waals surface area contributed by atoms with E-state index in [4.69, 9.17) is 16.6 Å². The minimum atomic E-state index is 0.521. The zero-order chi connectivity index (χ0) is 17.6. The molecule has 4 rings (SSSR count). The van der Waals surface area contributed by atoms with Crippen LogP contribution in [0.5, 0.6) is 0 Å². The van der Waals surface area contributed by atoms with Gasteiger partial charge in [-0.1, -0.05) is 44.5 Å². The SMILES string of the molecule is CC1C=c2c(N3CCNCC3)nc3ccc(Cl)cc3c2=CC(C)C1C. The van der Waals surface area contributed by atoms with Crippen molar-refractivity contribution < 1.29 is 0 Å². The fraction of sp³-hybridized carbons (Fsp3) is 0.476.